The van der Waals surface area contributed by atoms with Crippen molar-refractivity contribution in [1.29, 1.82) is 0 Å². The molecule has 90 valence electrons. The fraction of sp³-hybridized carbons (Fsp3) is 0.455. The maximum Gasteiger partial charge on any atom is 0.333 e. The molecule has 16 heavy (non-hydrogen) atoms. The van der Waals surface area contributed by atoms with Crippen molar-refractivity contribution in [2.24, 2.45) is 5.73 Å². The first-order valence-electron chi connectivity index (χ1n) is 4.83. The van der Waals surface area contributed by atoms with Gasteiger partial charge in [-0.2, -0.15) is 0 Å². The van der Waals surface area contributed by atoms with Crippen LogP contribution in [0.4, 0.5) is 0 Å². The predicted molar refractivity (Wildman–Crippen MR) is 59.4 cm³/mol. The van der Waals surface area contributed by atoms with Crippen molar-refractivity contribution in [3.63, 3.8) is 0 Å². The first-order chi connectivity index (χ1) is 7.40. The molecule has 0 rings (SSSR count). The van der Waals surface area contributed by atoms with Crippen molar-refractivity contribution in [2.45, 2.75) is 20.8 Å². The molecule has 5 heteroatoms. The zero-order valence-corrected chi connectivity index (χ0v) is 9.74. The summed E-state index contributed by atoms with van der Waals surface area (Å²) in [5.41, 5.74) is 6.46. The Hall–Kier alpha value is -1.62. The van der Waals surface area contributed by atoms with E-state index in [4.69, 9.17) is 15.6 Å². The Morgan fingerprint density at radius 2 is 1.88 bits per heavy atom. The molecule has 0 aliphatic carbocycles. The van der Waals surface area contributed by atoms with Crippen LogP contribution in [0.5, 0.6) is 0 Å². The normalized spacial score (nSPS) is 13.1. The number of primary amides is 1. The molecule has 3 N–H and O–H groups in total. The molecular weight excluding hydrogens is 210 g/mol. The molecule has 0 fully saturated rings. The molecule has 0 atom stereocenters. The van der Waals surface area contributed by atoms with E-state index in [1.807, 2.05) is 0 Å². The average Bonchev–Trinajstić information content (AvgIpc) is 2.24. The van der Waals surface area contributed by atoms with Crippen LogP contribution in [0.15, 0.2) is 22.8 Å². The van der Waals surface area contributed by atoms with Crippen LogP contribution in [0, 0.1) is 0 Å². The maximum atomic E-state index is 11.3. The van der Waals surface area contributed by atoms with Gasteiger partial charge in [-0.1, -0.05) is 0 Å². The van der Waals surface area contributed by atoms with Crippen molar-refractivity contribution in [3.8, 4) is 0 Å². The molecule has 1 amide bonds. The minimum absolute atomic E-state index is 0.0401. The molecule has 0 aromatic heterocycles. The number of hydrogen-bond donors (Lipinski definition) is 2. The number of carbonyl (C=O) groups excluding carboxylic acids is 2. The molecule has 0 unspecified atom stereocenters. The van der Waals surface area contributed by atoms with E-state index in [1.165, 1.54) is 6.08 Å². The van der Waals surface area contributed by atoms with Crippen molar-refractivity contribution >= 4 is 11.9 Å². The number of allylic oxidation sites excluding steroid dienone is 2. The zero-order valence-electron chi connectivity index (χ0n) is 9.74. The van der Waals surface area contributed by atoms with E-state index in [1.54, 1.807) is 20.8 Å². The summed E-state index contributed by atoms with van der Waals surface area (Å²) in [6, 6.07) is 0. The molecule has 0 saturated heterocycles. The second-order valence-corrected chi connectivity index (χ2v) is 3.36. The highest BCUT2D eigenvalue weighted by atomic mass is 16.5. The van der Waals surface area contributed by atoms with Gasteiger partial charge < -0.3 is 15.6 Å². The summed E-state index contributed by atoms with van der Waals surface area (Å²) in [7, 11) is 0. The van der Waals surface area contributed by atoms with Crippen molar-refractivity contribution in [2.75, 3.05) is 13.2 Å². The summed E-state index contributed by atoms with van der Waals surface area (Å²) in [6.07, 6.45) is 1.53. The smallest absolute Gasteiger partial charge is 0.333 e. The van der Waals surface area contributed by atoms with Gasteiger partial charge in [0.2, 0.25) is 5.91 Å². The van der Waals surface area contributed by atoms with Crippen LogP contribution in [0.3, 0.4) is 0 Å². The Morgan fingerprint density at radius 1 is 1.31 bits per heavy atom. The van der Waals surface area contributed by atoms with Crippen LogP contribution < -0.4 is 5.73 Å². The summed E-state index contributed by atoms with van der Waals surface area (Å²) in [6.45, 7) is 4.58. The molecule has 0 aromatic rings. The monoisotopic (exact) mass is 227 g/mol. The van der Waals surface area contributed by atoms with Crippen molar-refractivity contribution < 1.29 is 19.4 Å². The van der Waals surface area contributed by atoms with Crippen LogP contribution in [-0.2, 0) is 14.3 Å². The van der Waals surface area contributed by atoms with E-state index < -0.39 is 11.9 Å². The molecule has 0 saturated carbocycles. The Morgan fingerprint density at radius 3 is 2.31 bits per heavy atom. The number of carbonyl (C=O) groups is 2. The fourth-order valence-electron chi connectivity index (χ4n) is 0.938. The average molecular weight is 227 g/mol. The molecule has 0 aliphatic rings. The lowest BCUT2D eigenvalue weighted by atomic mass is 10.1. The number of hydrogen-bond acceptors (Lipinski definition) is 4. The lowest BCUT2D eigenvalue weighted by Gasteiger charge is -2.04. The van der Waals surface area contributed by atoms with Gasteiger partial charge in [-0.25, -0.2) is 4.79 Å². The van der Waals surface area contributed by atoms with Gasteiger partial charge in [0.25, 0.3) is 0 Å². The number of aliphatic hydroxyl groups excluding tert-OH is 1. The summed E-state index contributed by atoms with van der Waals surface area (Å²) in [5.74, 6) is -1.05. The quantitative estimate of drug-likeness (QED) is 0.401. The lowest BCUT2D eigenvalue weighted by Crippen LogP contribution is -2.13. The van der Waals surface area contributed by atoms with Gasteiger partial charge >= 0.3 is 5.97 Å². The van der Waals surface area contributed by atoms with Crippen LogP contribution in [0.25, 0.3) is 0 Å². The number of rotatable bonds is 5. The lowest BCUT2D eigenvalue weighted by molar-refractivity contribution is -0.139. The van der Waals surface area contributed by atoms with Crippen LogP contribution in [0.1, 0.15) is 20.8 Å². The molecule has 0 spiro atoms. The van der Waals surface area contributed by atoms with Crippen LogP contribution in [-0.4, -0.2) is 30.2 Å². The molecule has 0 bridgehead atoms. The van der Waals surface area contributed by atoms with Gasteiger partial charge in [-0.05, 0) is 32.4 Å². The van der Waals surface area contributed by atoms with E-state index in [0.29, 0.717) is 16.7 Å². The molecule has 0 aliphatic heterocycles. The second kappa shape index (κ2) is 6.79. The summed E-state index contributed by atoms with van der Waals surface area (Å²) in [4.78, 5) is 22.1. The first-order valence-corrected chi connectivity index (χ1v) is 4.83. The Labute approximate surface area is 94.6 Å². The third-order valence-corrected chi connectivity index (χ3v) is 2.04. The Bertz CT molecular complexity index is 342. The number of nitrogens with two attached hydrogens (primary N) is 1. The third kappa shape index (κ3) is 4.75. The van der Waals surface area contributed by atoms with Gasteiger partial charge in [-0.15, -0.1) is 0 Å². The van der Waals surface area contributed by atoms with Crippen LogP contribution >= 0.6 is 0 Å². The van der Waals surface area contributed by atoms with E-state index in [9.17, 15) is 9.59 Å². The highest BCUT2D eigenvalue weighted by Gasteiger charge is 2.07. The summed E-state index contributed by atoms with van der Waals surface area (Å²) >= 11 is 0. The van der Waals surface area contributed by atoms with Crippen molar-refractivity contribution in [1.82, 2.24) is 0 Å². The van der Waals surface area contributed by atoms with E-state index in [0.717, 1.165) is 0 Å². The largest absolute Gasteiger partial charge is 0.460 e. The van der Waals surface area contributed by atoms with Gasteiger partial charge in [0.05, 0.1) is 6.61 Å². The van der Waals surface area contributed by atoms with Gasteiger partial charge in [-0.3, -0.25) is 4.79 Å². The third-order valence-electron chi connectivity index (χ3n) is 2.04. The minimum atomic E-state index is -0.523. The highest BCUT2D eigenvalue weighted by molar-refractivity contribution is 5.93. The first kappa shape index (κ1) is 14.4. The topological polar surface area (TPSA) is 89.6 Å². The minimum Gasteiger partial charge on any atom is -0.460 e. The van der Waals surface area contributed by atoms with E-state index in [2.05, 4.69) is 0 Å². The Balaban J connectivity index is 4.71. The predicted octanol–water partition coefficient (Wildman–Crippen LogP) is 0.290. The van der Waals surface area contributed by atoms with Gasteiger partial charge in [0.1, 0.15) is 6.61 Å². The van der Waals surface area contributed by atoms with E-state index >= 15 is 0 Å². The zero-order chi connectivity index (χ0) is 12.7. The van der Waals surface area contributed by atoms with Crippen molar-refractivity contribution in [3.05, 3.63) is 22.8 Å². The second-order valence-electron chi connectivity index (χ2n) is 3.36. The number of esters is 1. The number of amides is 1. The molecular formula is C11H17NO4. The van der Waals surface area contributed by atoms with E-state index in [-0.39, 0.29) is 13.2 Å². The SMILES string of the molecule is CC(/C=C(\C)C(=O)OCCO)=C(\C)C(N)=O. The van der Waals surface area contributed by atoms with Gasteiger partial charge in [0.15, 0.2) is 0 Å². The summed E-state index contributed by atoms with van der Waals surface area (Å²) < 4.78 is 4.70. The number of aliphatic hydroxyl groups is 1. The Kier molecular flexibility index (Phi) is 6.10. The molecule has 5 nitrogen and oxygen atoms in total. The molecule has 0 heterocycles. The molecule has 0 aromatic carbocycles. The standard InChI is InChI=1S/C11H17NO4/c1-7(9(3)10(12)14)6-8(2)11(15)16-5-4-13/h6,13H,4-5H2,1-3H3,(H2,12,14)/b8-6+,9-7-. The fourth-order valence-corrected chi connectivity index (χ4v) is 0.938. The number of ether oxygens (including phenoxy) is 1. The highest BCUT2D eigenvalue weighted by Crippen LogP contribution is 2.08. The van der Waals surface area contributed by atoms with Crippen LogP contribution in [0.2, 0.25) is 0 Å². The maximum absolute atomic E-state index is 11.3. The van der Waals surface area contributed by atoms with Gasteiger partial charge in [0, 0.05) is 11.1 Å². The molecule has 0 radical (unpaired) electrons. The summed E-state index contributed by atoms with van der Waals surface area (Å²) in [5, 5.41) is 8.47.